The van der Waals surface area contributed by atoms with E-state index in [1.54, 1.807) is 0 Å². The summed E-state index contributed by atoms with van der Waals surface area (Å²) in [4.78, 5) is 8.38. The highest BCUT2D eigenvalue weighted by Gasteiger charge is 2.32. The maximum atomic E-state index is 12.6. The smallest absolute Gasteiger partial charge is 0.239 e. The standard InChI is InChI=1S/C12H12ClF3N4/c1-7(2)11-17-5-10(9(3-13)19-11)20-6-8(4-18-20)12(14,15)16/h4-7H,3H2,1-2H3. The first-order valence-corrected chi connectivity index (χ1v) is 6.40. The normalized spacial score (nSPS) is 12.2. The molecule has 0 aliphatic carbocycles. The summed E-state index contributed by atoms with van der Waals surface area (Å²) in [5.74, 6) is 0.765. The molecule has 0 saturated heterocycles. The van der Waals surface area contributed by atoms with Crippen LogP contribution in [0, 0.1) is 0 Å². The quantitative estimate of drug-likeness (QED) is 0.815. The first kappa shape index (κ1) is 14.8. The van der Waals surface area contributed by atoms with Gasteiger partial charge in [0.2, 0.25) is 0 Å². The van der Waals surface area contributed by atoms with Gasteiger partial charge >= 0.3 is 6.18 Å². The summed E-state index contributed by atoms with van der Waals surface area (Å²) in [7, 11) is 0. The number of halogens is 4. The molecule has 8 heteroatoms. The summed E-state index contributed by atoms with van der Waals surface area (Å²) in [5.41, 5.74) is -0.0342. The van der Waals surface area contributed by atoms with Crippen LogP contribution in [-0.2, 0) is 12.1 Å². The van der Waals surface area contributed by atoms with E-state index in [0.717, 1.165) is 17.1 Å². The Bertz CT molecular complexity index is 607. The van der Waals surface area contributed by atoms with Crippen LogP contribution in [0.25, 0.3) is 5.69 Å². The molecule has 2 aromatic rings. The summed E-state index contributed by atoms with van der Waals surface area (Å²) in [6.07, 6.45) is -1.34. The third kappa shape index (κ3) is 2.92. The predicted octanol–water partition coefficient (Wildman–Crippen LogP) is 3.54. The lowest BCUT2D eigenvalue weighted by Crippen LogP contribution is -2.07. The molecular formula is C12H12ClF3N4. The lowest BCUT2D eigenvalue weighted by atomic mass is 10.2. The molecule has 4 nitrogen and oxygen atoms in total. The first-order valence-electron chi connectivity index (χ1n) is 5.87. The number of hydrogen-bond acceptors (Lipinski definition) is 3. The van der Waals surface area contributed by atoms with Crippen molar-refractivity contribution in [2.45, 2.75) is 31.8 Å². The fourth-order valence-corrected chi connectivity index (χ4v) is 1.79. The summed E-state index contributed by atoms with van der Waals surface area (Å²) in [5, 5.41) is 3.69. The number of rotatable bonds is 3. The average molecular weight is 305 g/mol. The van der Waals surface area contributed by atoms with E-state index >= 15 is 0 Å². The molecular weight excluding hydrogens is 293 g/mol. The van der Waals surface area contributed by atoms with Crippen LogP contribution in [0.2, 0.25) is 0 Å². The van der Waals surface area contributed by atoms with E-state index in [1.807, 2.05) is 13.8 Å². The van der Waals surface area contributed by atoms with Gasteiger partial charge in [-0.3, -0.25) is 0 Å². The third-order valence-corrected chi connectivity index (χ3v) is 2.92. The summed E-state index contributed by atoms with van der Waals surface area (Å²) in [6.45, 7) is 3.84. The molecule has 0 saturated carbocycles. The minimum absolute atomic E-state index is 0.0682. The Morgan fingerprint density at radius 2 is 2.00 bits per heavy atom. The van der Waals surface area contributed by atoms with Gasteiger partial charge in [-0.25, -0.2) is 14.6 Å². The van der Waals surface area contributed by atoms with Gasteiger partial charge in [0.15, 0.2) is 0 Å². The van der Waals surface area contributed by atoms with Gasteiger partial charge < -0.3 is 0 Å². The zero-order valence-corrected chi connectivity index (χ0v) is 11.6. The molecule has 0 aliphatic heterocycles. The molecule has 0 fully saturated rings. The van der Waals surface area contributed by atoms with Crippen LogP contribution in [0.4, 0.5) is 13.2 Å². The first-order chi connectivity index (χ1) is 9.32. The molecule has 0 aromatic carbocycles. The summed E-state index contributed by atoms with van der Waals surface area (Å²) >= 11 is 5.80. The monoisotopic (exact) mass is 304 g/mol. The Balaban J connectivity index is 2.45. The van der Waals surface area contributed by atoms with Gasteiger partial charge in [0.1, 0.15) is 11.5 Å². The highest BCUT2D eigenvalue weighted by Crippen LogP contribution is 2.29. The van der Waals surface area contributed by atoms with Gasteiger partial charge in [0.25, 0.3) is 0 Å². The van der Waals surface area contributed by atoms with Crippen molar-refractivity contribution in [3.05, 3.63) is 35.7 Å². The van der Waals surface area contributed by atoms with Crippen LogP contribution in [0.1, 0.15) is 36.8 Å². The summed E-state index contributed by atoms with van der Waals surface area (Å²) < 4.78 is 38.8. The molecule has 0 atom stereocenters. The molecule has 20 heavy (non-hydrogen) atoms. The number of alkyl halides is 4. The van der Waals surface area contributed by atoms with Crippen LogP contribution in [0.5, 0.6) is 0 Å². The van der Waals surface area contributed by atoms with E-state index in [1.165, 1.54) is 6.20 Å². The van der Waals surface area contributed by atoms with E-state index < -0.39 is 11.7 Å². The van der Waals surface area contributed by atoms with Crippen LogP contribution in [-0.4, -0.2) is 19.7 Å². The second-order valence-corrected chi connectivity index (χ2v) is 4.79. The largest absolute Gasteiger partial charge is 0.419 e. The number of nitrogens with zero attached hydrogens (tertiary/aromatic N) is 4. The fraction of sp³-hybridized carbons (Fsp3) is 0.417. The Labute approximate surface area is 118 Å². The van der Waals surface area contributed by atoms with Crippen molar-refractivity contribution in [1.82, 2.24) is 19.7 Å². The van der Waals surface area contributed by atoms with Gasteiger partial charge in [-0.1, -0.05) is 13.8 Å². The second kappa shape index (κ2) is 5.40. The van der Waals surface area contributed by atoms with Gasteiger partial charge in [-0.05, 0) is 0 Å². The number of aromatic nitrogens is 4. The lowest BCUT2D eigenvalue weighted by molar-refractivity contribution is -0.137. The van der Waals surface area contributed by atoms with Gasteiger partial charge in [-0.2, -0.15) is 18.3 Å². The van der Waals surface area contributed by atoms with E-state index in [-0.39, 0.29) is 11.8 Å². The van der Waals surface area contributed by atoms with E-state index in [0.29, 0.717) is 17.2 Å². The zero-order valence-electron chi connectivity index (χ0n) is 10.8. The van der Waals surface area contributed by atoms with Gasteiger partial charge in [0.05, 0.1) is 29.5 Å². The van der Waals surface area contributed by atoms with Crippen LogP contribution in [0.3, 0.4) is 0 Å². The fourth-order valence-electron chi connectivity index (χ4n) is 1.60. The van der Waals surface area contributed by atoms with Gasteiger partial charge in [0, 0.05) is 12.1 Å². The number of hydrogen-bond donors (Lipinski definition) is 0. The third-order valence-electron chi connectivity index (χ3n) is 2.66. The molecule has 2 aromatic heterocycles. The van der Waals surface area contributed by atoms with Gasteiger partial charge in [-0.15, -0.1) is 11.6 Å². The Hall–Kier alpha value is -1.63. The molecule has 0 radical (unpaired) electrons. The second-order valence-electron chi connectivity index (χ2n) is 4.52. The highest BCUT2D eigenvalue weighted by molar-refractivity contribution is 6.17. The van der Waals surface area contributed by atoms with Crippen LogP contribution in [0.15, 0.2) is 18.6 Å². The maximum absolute atomic E-state index is 12.6. The van der Waals surface area contributed by atoms with Crippen molar-refractivity contribution in [3.8, 4) is 5.69 Å². The molecule has 2 rings (SSSR count). The Morgan fingerprint density at radius 1 is 1.30 bits per heavy atom. The average Bonchev–Trinajstić information content (AvgIpc) is 2.87. The van der Waals surface area contributed by atoms with Crippen molar-refractivity contribution < 1.29 is 13.2 Å². The van der Waals surface area contributed by atoms with Crippen LogP contribution >= 0.6 is 11.6 Å². The van der Waals surface area contributed by atoms with Crippen molar-refractivity contribution in [3.63, 3.8) is 0 Å². The molecule has 0 bridgehead atoms. The topological polar surface area (TPSA) is 43.6 Å². The Kier molecular flexibility index (Phi) is 3.99. The lowest BCUT2D eigenvalue weighted by Gasteiger charge is -2.10. The predicted molar refractivity (Wildman–Crippen MR) is 67.8 cm³/mol. The molecule has 0 N–H and O–H groups in total. The highest BCUT2D eigenvalue weighted by atomic mass is 35.5. The molecule has 2 heterocycles. The Morgan fingerprint density at radius 3 is 2.50 bits per heavy atom. The molecule has 0 aliphatic rings. The van der Waals surface area contributed by atoms with Crippen molar-refractivity contribution >= 4 is 11.6 Å². The minimum Gasteiger partial charge on any atom is -0.239 e. The molecule has 0 amide bonds. The van der Waals surface area contributed by atoms with Crippen LogP contribution < -0.4 is 0 Å². The summed E-state index contributed by atoms with van der Waals surface area (Å²) in [6, 6.07) is 0. The molecule has 0 unspecified atom stereocenters. The molecule has 108 valence electrons. The van der Waals surface area contributed by atoms with E-state index in [9.17, 15) is 13.2 Å². The zero-order chi connectivity index (χ0) is 14.9. The van der Waals surface area contributed by atoms with E-state index in [4.69, 9.17) is 11.6 Å². The SMILES string of the molecule is CC(C)c1ncc(-n2cc(C(F)(F)F)cn2)c(CCl)n1. The maximum Gasteiger partial charge on any atom is 0.419 e. The minimum atomic E-state index is -4.43. The van der Waals surface area contributed by atoms with E-state index in [2.05, 4.69) is 15.1 Å². The van der Waals surface area contributed by atoms with Crippen molar-refractivity contribution in [2.24, 2.45) is 0 Å². The molecule has 0 spiro atoms. The van der Waals surface area contributed by atoms with Crippen molar-refractivity contribution in [2.75, 3.05) is 0 Å². The van der Waals surface area contributed by atoms with Crippen molar-refractivity contribution in [1.29, 1.82) is 0 Å².